The van der Waals surface area contributed by atoms with E-state index in [1.807, 2.05) is 6.92 Å². The number of aliphatic hydroxyl groups is 1. The first kappa shape index (κ1) is 22.2. The van der Waals surface area contributed by atoms with Crippen molar-refractivity contribution in [3.05, 3.63) is 10.6 Å². The number of ether oxygens (including phenoxy) is 2. The highest BCUT2D eigenvalue weighted by molar-refractivity contribution is 8.03. The zero-order valence-corrected chi connectivity index (χ0v) is 17.7. The van der Waals surface area contributed by atoms with Gasteiger partial charge in [0.05, 0.1) is 31.3 Å². The Labute approximate surface area is 174 Å². The maximum atomic E-state index is 12.6. The molecule has 4 N–H and O–H groups in total. The van der Waals surface area contributed by atoms with Gasteiger partial charge >= 0.3 is 11.9 Å². The molecule has 3 aliphatic rings. The molecule has 0 spiro atoms. The minimum absolute atomic E-state index is 0.126. The minimum atomic E-state index is -0.808. The number of thioether (sulfide) groups is 1. The van der Waals surface area contributed by atoms with Crippen LogP contribution in [0.25, 0.3) is 0 Å². The summed E-state index contributed by atoms with van der Waals surface area (Å²) < 4.78 is 10.3. The van der Waals surface area contributed by atoms with Gasteiger partial charge in [0.2, 0.25) is 5.91 Å². The average Bonchev–Trinajstić information content (AvgIpc) is 3.16. The van der Waals surface area contributed by atoms with Crippen molar-refractivity contribution in [2.45, 2.75) is 50.6 Å². The number of hydrogen-bond donors (Lipinski definition) is 3. The number of carbonyl (C=O) groups excluding carboxylic acids is 3. The second kappa shape index (κ2) is 9.13. The van der Waals surface area contributed by atoms with Crippen LogP contribution in [0.3, 0.4) is 0 Å². The molecule has 10 heteroatoms. The molecule has 0 aromatic carbocycles. The van der Waals surface area contributed by atoms with Gasteiger partial charge in [0.15, 0.2) is 0 Å². The Morgan fingerprint density at radius 1 is 1.45 bits per heavy atom. The Morgan fingerprint density at radius 2 is 2.17 bits per heavy atom. The van der Waals surface area contributed by atoms with E-state index in [-0.39, 0.29) is 34.9 Å². The van der Waals surface area contributed by atoms with Gasteiger partial charge in [-0.05, 0) is 13.3 Å². The number of fused-ring (bicyclic) bond motifs is 1. The van der Waals surface area contributed by atoms with Gasteiger partial charge in [-0.2, -0.15) is 0 Å². The molecule has 0 saturated carbocycles. The van der Waals surface area contributed by atoms with Crippen LogP contribution in [-0.2, 0) is 23.9 Å². The maximum Gasteiger partial charge on any atom is 0.363 e. The quantitative estimate of drug-likeness (QED) is 0.205. The minimum Gasteiger partial charge on any atom is -0.393 e. The molecule has 2 fully saturated rings. The van der Waals surface area contributed by atoms with Crippen LogP contribution in [0, 0.1) is 11.8 Å². The first-order valence-electron chi connectivity index (χ1n) is 9.92. The third-order valence-corrected chi connectivity index (χ3v) is 7.11. The Kier molecular flexibility index (Phi) is 7.00. The topological polar surface area (TPSA) is 131 Å². The summed E-state index contributed by atoms with van der Waals surface area (Å²) in [7, 11) is 0. The van der Waals surface area contributed by atoms with Crippen LogP contribution >= 0.6 is 11.8 Å². The molecule has 3 aliphatic heterocycles. The third-order valence-electron chi connectivity index (χ3n) is 5.59. The molecule has 2 saturated heterocycles. The number of hydrogen-bond acceptors (Lipinski definition) is 9. The van der Waals surface area contributed by atoms with E-state index in [0.717, 1.165) is 24.8 Å². The van der Waals surface area contributed by atoms with Gasteiger partial charge in [-0.15, -0.1) is 11.8 Å². The van der Waals surface area contributed by atoms with Crippen LogP contribution < -0.4 is 11.1 Å². The van der Waals surface area contributed by atoms with E-state index in [9.17, 15) is 19.5 Å². The summed E-state index contributed by atoms with van der Waals surface area (Å²) in [6, 6.07) is -0.0922. The highest BCUT2D eigenvalue weighted by atomic mass is 32.2. The number of nitrogens with one attached hydrogen (secondary N) is 1. The van der Waals surface area contributed by atoms with Crippen molar-refractivity contribution < 1.29 is 29.0 Å². The van der Waals surface area contributed by atoms with Gasteiger partial charge in [-0.1, -0.05) is 6.92 Å². The number of aliphatic hydroxyl groups excluding tert-OH is 1. The van der Waals surface area contributed by atoms with Crippen LogP contribution in [0.2, 0.25) is 0 Å². The first-order chi connectivity index (χ1) is 13.8. The van der Waals surface area contributed by atoms with Gasteiger partial charge in [0.25, 0.3) is 0 Å². The van der Waals surface area contributed by atoms with E-state index in [0.29, 0.717) is 19.8 Å². The van der Waals surface area contributed by atoms with E-state index in [2.05, 4.69) is 5.32 Å². The van der Waals surface area contributed by atoms with Crippen molar-refractivity contribution in [2.24, 2.45) is 17.6 Å². The predicted octanol–water partition coefficient (Wildman–Crippen LogP) is -0.416. The Bertz CT molecular complexity index is 712. The van der Waals surface area contributed by atoms with Crippen molar-refractivity contribution in [1.29, 1.82) is 0 Å². The number of nitrogens with two attached hydrogens (primary N) is 1. The highest BCUT2D eigenvalue weighted by Crippen LogP contribution is 2.52. The molecule has 1 amide bonds. The van der Waals surface area contributed by atoms with E-state index in [1.54, 1.807) is 18.7 Å². The predicted molar refractivity (Wildman–Crippen MR) is 106 cm³/mol. The van der Waals surface area contributed by atoms with Crippen molar-refractivity contribution in [2.75, 3.05) is 26.3 Å². The van der Waals surface area contributed by atoms with Crippen LogP contribution in [0.1, 0.15) is 27.2 Å². The molecule has 6 atom stereocenters. The van der Waals surface area contributed by atoms with Crippen LogP contribution in [0.4, 0.5) is 0 Å². The molecular weight excluding hydrogens is 398 g/mol. The van der Waals surface area contributed by atoms with Crippen molar-refractivity contribution in [1.82, 2.24) is 10.2 Å². The van der Waals surface area contributed by atoms with E-state index in [1.165, 1.54) is 4.90 Å². The summed E-state index contributed by atoms with van der Waals surface area (Å²) in [5, 5.41) is 13.6. The van der Waals surface area contributed by atoms with Crippen molar-refractivity contribution in [3.8, 4) is 0 Å². The molecule has 0 radical (unpaired) electrons. The Balaban J connectivity index is 1.76. The zero-order valence-electron chi connectivity index (χ0n) is 16.9. The second-order valence-corrected chi connectivity index (χ2v) is 9.13. The fourth-order valence-electron chi connectivity index (χ4n) is 4.34. The standard InChI is InChI=1S/C19H29N3O6S/c1-9-15-14(10(2)23)18(25)22(15)16(19(26)28-11(3)24)17(9)29-13-6-12(21-7-13)8-27-5-4-20/h9-10,12-15,21,23H,4-8,20H2,1-3H3/t9-,10-,12+,13+,14-,15-/m1/s1. The molecule has 0 unspecified atom stereocenters. The zero-order chi connectivity index (χ0) is 21.3. The smallest absolute Gasteiger partial charge is 0.363 e. The summed E-state index contributed by atoms with van der Waals surface area (Å²) in [4.78, 5) is 38.7. The lowest BCUT2D eigenvalue weighted by Crippen LogP contribution is -2.63. The Morgan fingerprint density at radius 3 is 2.79 bits per heavy atom. The highest BCUT2D eigenvalue weighted by Gasteiger charge is 2.60. The molecule has 9 nitrogen and oxygen atoms in total. The van der Waals surface area contributed by atoms with E-state index in [4.69, 9.17) is 15.2 Å². The van der Waals surface area contributed by atoms with Gasteiger partial charge in [-0.3, -0.25) is 9.59 Å². The molecule has 0 aromatic rings. The molecule has 3 rings (SSSR count). The molecular formula is C19H29N3O6S. The van der Waals surface area contributed by atoms with Gasteiger partial charge in [0.1, 0.15) is 5.70 Å². The normalized spacial score (nSPS) is 32.2. The molecule has 3 heterocycles. The van der Waals surface area contributed by atoms with Gasteiger partial charge in [-0.25, -0.2) is 4.79 Å². The largest absolute Gasteiger partial charge is 0.393 e. The number of rotatable bonds is 8. The lowest BCUT2D eigenvalue weighted by atomic mass is 9.79. The summed E-state index contributed by atoms with van der Waals surface area (Å²) in [6.07, 6.45) is 0.0386. The summed E-state index contributed by atoms with van der Waals surface area (Å²) in [5.74, 6) is -2.51. The van der Waals surface area contributed by atoms with Crippen LogP contribution in [0.15, 0.2) is 10.6 Å². The maximum absolute atomic E-state index is 12.6. The van der Waals surface area contributed by atoms with Crippen molar-refractivity contribution in [3.63, 3.8) is 0 Å². The fourth-order valence-corrected chi connectivity index (χ4v) is 5.85. The van der Waals surface area contributed by atoms with Crippen LogP contribution in [-0.4, -0.2) is 77.6 Å². The molecule has 29 heavy (non-hydrogen) atoms. The van der Waals surface area contributed by atoms with Crippen LogP contribution in [0.5, 0.6) is 0 Å². The van der Waals surface area contributed by atoms with Crippen molar-refractivity contribution >= 4 is 29.6 Å². The van der Waals surface area contributed by atoms with Gasteiger partial charge in [0, 0.05) is 42.1 Å². The summed E-state index contributed by atoms with van der Waals surface area (Å²) in [6.45, 7) is 6.98. The van der Waals surface area contributed by atoms with Gasteiger partial charge < -0.3 is 30.5 Å². The van der Waals surface area contributed by atoms with E-state index >= 15 is 0 Å². The number of carbonyl (C=O) groups is 3. The number of nitrogens with zero attached hydrogens (tertiary/aromatic N) is 1. The number of esters is 2. The third kappa shape index (κ3) is 4.36. The van der Waals surface area contributed by atoms with E-state index < -0.39 is 24.0 Å². The SMILES string of the molecule is CC(=O)OC(=O)C1=C(S[C@@H]2CN[C@H](COCCN)C2)[C@H](C)[C@@H]2[C@@H]([C@@H](C)O)C(=O)N12. The molecule has 162 valence electrons. The number of β-lactam (4-membered cyclic amide) rings is 1. The lowest BCUT2D eigenvalue weighted by Gasteiger charge is -2.46. The average molecular weight is 428 g/mol. The molecule has 0 bridgehead atoms. The second-order valence-electron chi connectivity index (χ2n) is 7.79. The first-order valence-corrected chi connectivity index (χ1v) is 10.8. The summed E-state index contributed by atoms with van der Waals surface area (Å²) in [5.41, 5.74) is 5.59. The fraction of sp³-hybridized carbons (Fsp3) is 0.737. The summed E-state index contributed by atoms with van der Waals surface area (Å²) >= 11 is 1.54. The Hall–Kier alpha value is -1.46. The lowest BCUT2D eigenvalue weighted by molar-refractivity contribution is -0.167. The molecule has 0 aromatic heterocycles. The monoisotopic (exact) mass is 427 g/mol. The molecule has 0 aliphatic carbocycles. The number of amides is 1.